The zero-order valence-electron chi connectivity index (χ0n) is 17.4. The van der Waals surface area contributed by atoms with Crippen molar-refractivity contribution < 1.29 is 98.1 Å². The lowest BCUT2D eigenvalue weighted by molar-refractivity contribution is -0.397. The fraction of sp³-hybridized carbons (Fsp3) is 0.750. The molecule has 0 heterocycles. The monoisotopic (exact) mass is 608 g/mol. The first-order chi connectivity index (χ1) is 16.5. The Kier molecular flexibility index (Phi) is 10.1. The van der Waals surface area contributed by atoms with E-state index >= 15 is 0 Å². The molecule has 38 heavy (non-hydrogen) atoms. The van der Waals surface area contributed by atoms with E-state index in [1.165, 1.54) is 0 Å². The summed E-state index contributed by atoms with van der Waals surface area (Å²) in [6.45, 7) is -3.94. The molecule has 0 fully saturated rings. The Bertz CT molecular complexity index is 801. The number of halogens is 18. The van der Waals surface area contributed by atoms with Crippen LogP contribution in [0.4, 0.5) is 79.0 Å². The lowest BCUT2D eigenvalue weighted by Crippen LogP contribution is -2.61. The van der Waals surface area contributed by atoms with Crippen molar-refractivity contribution in [1.29, 1.82) is 0 Å². The number of alkyl halides is 18. The Hall–Kier alpha value is -2.58. The van der Waals surface area contributed by atoms with Gasteiger partial charge in [0.1, 0.15) is 0 Å². The highest BCUT2D eigenvalue weighted by Crippen LogP contribution is 2.55. The van der Waals surface area contributed by atoms with Gasteiger partial charge in [0.2, 0.25) is 0 Å². The maximum absolute atomic E-state index is 13.2. The third kappa shape index (κ3) is 7.08. The van der Waals surface area contributed by atoms with Gasteiger partial charge in [-0.25, -0.2) is 9.59 Å². The fourth-order valence-electron chi connectivity index (χ4n) is 1.92. The molecule has 0 N–H and O–H groups in total. The van der Waals surface area contributed by atoms with Crippen LogP contribution in [0.2, 0.25) is 0 Å². The normalized spacial score (nSPS) is 15.1. The van der Waals surface area contributed by atoms with Gasteiger partial charge in [-0.1, -0.05) is 0 Å². The van der Waals surface area contributed by atoms with Crippen molar-refractivity contribution >= 4 is 11.9 Å². The maximum atomic E-state index is 13.2. The van der Waals surface area contributed by atoms with Gasteiger partial charge in [0.15, 0.2) is 0 Å². The van der Waals surface area contributed by atoms with E-state index in [2.05, 4.69) is 9.47 Å². The van der Waals surface area contributed by atoms with E-state index in [0.717, 1.165) is 0 Å². The summed E-state index contributed by atoms with van der Waals surface area (Å²) < 4.78 is 235. The summed E-state index contributed by atoms with van der Waals surface area (Å²) in [6.07, 6.45) is -19.8. The SMILES string of the molecule is O=C(/C=C/C(=O)OCCC(F)(F)C(F)(F)C(F)(F)C(F)(F)F)OCCC(F)(F)C(F)(F)C(F)(F)C(F)(F)F. The van der Waals surface area contributed by atoms with Crippen LogP contribution in [0.15, 0.2) is 12.2 Å². The van der Waals surface area contributed by atoms with E-state index in [1.54, 1.807) is 0 Å². The molecule has 0 rings (SSSR count). The van der Waals surface area contributed by atoms with Crippen LogP contribution in [0.5, 0.6) is 0 Å². The molecule has 0 aliphatic rings. The molecular weight excluding hydrogens is 598 g/mol. The summed E-state index contributed by atoms with van der Waals surface area (Å²) in [7, 11) is 0. The van der Waals surface area contributed by atoms with E-state index in [4.69, 9.17) is 0 Å². The zero-order valence-corrected chi connectivity index (χ0v) is 17.4. The molecular formula is C16H10F18O4. The first-order valence-electron chi connectivity index (χ1n) is 8.91. The number of hydrogen-bond donors (Lipinski definition) is 0. The molecule has 0 saturated carbocycles. The molecule has 0 spiro atoms. The Labute approximate surface area is 197 Å². The molecule has 0 amide bonds. The van der Waals surface area contributed by atoms with E-state index in [-0.39, 0.29) is 12.2 Å². The van der Waals surface area contributed by atoms with Crippen LogP contribution in [0.25, 0.3) is 0 Å². The van der Waals surface area contributed by atoms with Crippen molar-refractivity contribution in [3.8, 4) is 0 Å². The van der Waals surface area contributed by atoms with Gasteiger partial charge in [0, 0.05) is 12.2 Å². The number of hydrogen-bond acceptors (Lipinski definition) is 4. The average Bonchev–Trinajstić information content (AvgIpc) is 2.69. The van der Waals surface area contributed by atoms with Gasteiger partial charge in [-0.2, -0.15) is 79.0 Å². The fourth-order valence-corrected chi connectivity index (χ4v) is 1.92. The summed E-state index contributed by atoms with van der Waals surface area (Å²) in [4.78, 5) is 22.2. The number of carbonyl (C=O) groups excluding carboxylic acids is 2. The summed E-state index contributed by atoms with van der Waals surface area (Å²) >= 11 is 0. The third-order valence-corrected chi connectivity index (χ3v) is 4.10. The predicted molar refractivity (Wildman–Crippen MR) is 82.1 cm³/mol. The highest BCUT2D eigenvalue weighted by molar-refractivity contribution is 5.91. The van der Waals surface area contributed by atoms with Gasteiger partial charge in [0.25, 0.3) is 0 Å². The molecule has 0 radical (unpaired) electrons. The molecule has 0 bridgehead atoms. The molecule has 0 saturated heterocycles. The molecule has 4 nitrogen and oxygen atoms in total. The summed E-state index contributed by atoms with van der Waals surface area (Å²) in [5.41, 5.74) is 0. The molecule has 0 aliphatic heterocycles. The Balaban J connectivity index is 4.94. The Morgan fingerprint density at radius 3 is 0.895 bits per heavy atom. The number of carbonyl (C=O) groups is 2. The van der Waals surface area contributed by atoms with Crippen LogP contribution in [0, 0.1) is 0 Å². The minimum absolute atomic E-state index is 0.187. The van der Waals surface area contributed by atoms with Gasteiger partial charge >= 0.3 is 59.8 Å². The summed E-state index contributed by atoms with van der Waals surface area (Å²) in [5.74, 6) is -44.7. The molecule has 0 atom stereocenters. The van der Waals surface area contributed by atoms with Gasteiger partial charge in [0.05, 0.1) is 26.1 Å². The molecule has 0 unspecified atom stereocenters. The minimum atomic E-state index is -7.22. The van der Waals surface area contributed by atoms with Crippen molar-refractivity contribution in [1.82, 2.24) is 0 Å². The quantitative estimate of drug-likeness (QED) is 0.147. The predicted octanol–water partition coefficient (Wildman–Crippen LogP) is 6.35. The van der Waals surface area contributed by atoms with Crippen LogP contribution < -0.4 is 0 Å². The average molecular weight is 608 g/mol. The lowest BCUT2D eigenvalue weighted by Gasteiger charge is -2.33. The largest absolute Gasteiger partial charge is 0.462 e. The van der Waals surface area contributed by atoms with Crippen LogP contribution in [-0.4, -0.2) is 73.0 Å². The highest BCUT2D eigenvalue weighted by atomic mass is 19.4. The zero-order chi connectivity index (χ0) is 30.8. The molecule has 224 valence electrons. The van der Waals surface area contributed by atoms with Crippen molar-refractivity contribution in [2.24, 2.45) is 0 Å². The first-order valence-corrected chi connectivity index (χ1v) is 8.91. The van der Waals surface area contributed by atoms with E-state index in [0.29, 0.717) is 0 Å². The minimum Gasteiger partial charge on any atom is -0.462 e. The summed E-state index contributed by atoms with van der Waals surface area (Å²) in [6, 6.07) is 0. The van der Waals surface area contributed by atoms with Gasteiger partial charge < -0.3 is 9.47 Å². The molecule has 0 aromatic heterocycles. The van der Waals surface area contributed by atoms with Crippen molar-refractivity contribution in [3.05, 3.63) is 12.2 Å². The topological polar surface area (TPSA) is 52.6 Å². The van der Waals surface area contributed by atoms with E-state index in [9.17, 15) is 88.6 Å². The second-order valence-electron chi connectivity index (χ2n) is 6.87. The van der Waals surface area contributed by atoms with Crippen molar-refractivity contribution in [2.75, 3.05) is 13.2 Å². The maximum Gasteiger partial charge on any atom is 0.460 e. The number of rotatable bonds is 12. The Morgan fingerprint density at radius 1 is 0.447 bits per heavy atom. The van der Waals surface area contributed by atoms with Crippen LogP contribution in [0.3, 0.4) is 0 Å². The lowest BCUT2D eigenvalue weighted by atomic mass is 10.0. The van der Waals surface area contributed by atoms with Crippen molar-refractivity contribution in [3.63, 3.8) is 0 Å². The molecule has 0 aromatic carbocycles. The smallest absolute Gasteiger partial charge is 0.460 e. The third-order valence-electron chi connectivity index (χ3n) is 4.10. The molecule has 0 aliphatic carbocycles. The van der Waals surface area contributed by atoms with Crippen molar-refractivity contribution in [2.45, 2.75) is 60.7 Å². The van der Waals surface area contributed by atoms with Crippen LogP contribution in [-0.2, 0) is 19.1 Å². The second kappa shape index (κ2) is 10.9. The number of ether oxygens (including phenoxy) is 2. The van der Waals surface area contributed by atoms with Crippen LogP contribution in [0.1, 0.15) is 12.8 Å². The standard InChI is InChI=1S/C16H10F18O4/c17-9(18,11(21,22)13(25,26)15(29,30)31)3-5-37-7(35)1-2-8(36)38-6-4-10(19,20)12(23,24)14(27,28)16(32,33)34/h1-2H,3-6H2/b2-1+. The molecule has 0 aromatic rings. The van der Waals surface area contributed by atoms with E-state index < -0.39 is 85.9 Å². The van der Waals surface area contributed by atoms with Gasteiger partial charge in [-0.05, 0) is 0 Å². The van der Waals surface area contributed by atoms with Gasteiger partial charge in [-0.3, -0.25) is 0 Å². The second-order valence-corrected chi connectivity index (χ2v) is 6.87. The Morgan fingerprint density at radius 2 is 0.684 bits per heavy atom. The molecule has 22 heteroatoms. The van der Waals surface area contributed by atoms with E-state index in [1.807, 2.05) is 0 Å². The highest BCUT2D eigenvalue weighted by Gasteiger charge is 2.82. The van der Waals surface area contributed by atoms with Crippen LogP contribution >= 0.6 is 0 Å². The van der Waals surface area contributed by atoms with Gasteiger partial charge in [-0.15, -0.1) is 0 Å². The first kappa shape index (κ1) is 35.4. The number of esters is 2. The summed E-state index contributed by atoms with van der Waals surface area (Å²) in [5, 5.41) is 0.